The first-order valence-corrected chi connectivity index (χ1v) is 6.86. The van der Waals surface area contributed by atoms with E-state index < -0.39 is 22.8 Å². The fourth-order valence-corrected chi connectivity index (χ4v) is 1.42. The number of nitrogens with one attached hydrogen (secondary N) is 2. The molecule has 0 saturated heterocycles. The van der Waals surface area contributed by atoms with E-state index in [0.29, 0.717) is 15.6 Å². The first-order valence-electron chi connectivity index (χ1n) is 5.67. The predicted molar refractivity (Wildman–Crippen MR) is 95.1 cm³/mol. The molecular formula is C13H16BBrF2N3O2S. The molecule has 0 aromatic carbocycles. The van der Waals surface area contributed by atoms with Crippen LogP contribution in [0.4, 0.5) is 8.78 Å². The summed E-state index contributed by atoms with van der Waals surface area (Å²) in [6.45, 7) is 3.08. The van der Waals surface area contributed by atoms with E-state index in [1.165, 1.54) is 25.4 Å². The zero-order chi connectivity index (χ0) is 17.3. The molecule has 2 N–H and O–H groups in total. The number of aryl methyl sites for hydroxylation is 1. The summed E-state index contributed by atoms with van der Waals surface area (Å²) in [6.07, 6.45) is 2.83. The second-order valence-electron chi connectivity index (χ2n) is 3.82. The summed E-state index contributed by atoms with van der Waals surface area (Å²) < 4.78 is 28.3. The van der Waals surface area contributed by atoms with E-state index in [2.05, 4.69) is 50.7 Å². The molecule has 2 aromatic rings. The van der Waals surface area contributed by atoms with Crippen LogP contribution in [0.2, 0.25) is 0 Å². The summed E-state index contributed by atoms with van der Waals surface area (Å²) in [7, 11) is 4.34. The third-order valence-electron chi connectivity index (χ3n) is 2.31. The number of thiol groups is 1. The van der Waals surface area contributed by atoms with Gasteiger partial charge in [-0.15, -0.1) is 0 Å². The van der Waals surface area contributed by atoms with Crippen LogP contribution in [0.5, 0.6) is 0 Å². The second kappa shape index (κ2) is 11.9. The SMILES string of the molecule is C.Cc1c(Br)c[nH]c(=O)c1F.Cc1cc[nH]c(=O)c1F.[B]=NS. The van der Waals surface area contributed by atoms with Gasteiger partial charge in [0.15, 0.2) is 11.6 Å². The van der Waals surface area contributed by atoms with Crippen LogP contribution in [0, 0.1) is 25.5 Å². The molecule has 2 heterocycles. The quantitative estimate of drug-likeness (QED) is 0.464. The van der Waals surface area contributed by atoms with Crippen molar-refractivity contribution in [2.24, 2.45) is 4.30 Å². The van der Waals surface area contributed by atoms with Crippen LogP contribution < -0.4 is 11.1 Å². The van der Waals surface area contributed by atoms with Crippen molar-refractivity contribution in [3.05, 3.63) is 66.4 Å². The van der Waals surface area contributed by atoms with Crippen LogP contribution >= 0.6 is 28.7 Å². The van der Waals surface area contributed by atoms with Gasteiger partial charge in [0.25, 0.3) is 11.1 Å². The summed E-state index contributed by atoms with van der Waals surface area (Å²) in [6, 6.07) is 1.51. The van der Waals surface area contributed by atoms with Crippen molar-refractivity contribution in [3.63, 3.8) is 0 Å². The van der Waals surface area contributed by atoms with E-state index in [1.807, 2.05) is 0 Å². The molecule has 0 atom stereocenters. The van der Waals surface area contributed by atoms with E-state index in [1.54, 1.807) is 6.92 Å². The van der Waals surface area contributed by atoms with Crippen LogP contribution in [0.3, 0.4) is 0 Å². The van der Waals surface area contributed by atoms with E-state index in [4.69, 9.17) is 0 Å². The van der Waals surface area contributed by atoms with Gasteiger partial charge in [-0.3, -0.25) is 9.59 Å². The van der Waals surface area contributed by atoms with Crippen molar-refractivity contribution < 1.29 is 8.78 Å². The van der Waals surface area contributed by atoms with Gasteiger partial charge in [0.1, 0.15) is 0 Å². The predicted octanol–water partition coefficient (Wildman–Crippen LogP) is 3.23. The van der Waals surface area contributed by atoms with Gasteiger partial charge in [-0.2, -0.15) is 0 Å². The van der Waals surface area contributed by atoms with Crippen molar-refractivity contribution in [1.29, 1.82) is 0 Å². The standard InChI is InChI=1S/C6H5BrFNO.C6H6FNO.CH4.BHNS/c1-3-4(7)2-9-6(10)5(3)8;1-4-2-3-8-6(9)5(4)7;;1-2-3/h2H,1H3,(H,9,10);2-3H,1H3,(H,8,9);1H4;3H. The Morgan fingerprint density at radius 1 is 1.17 bits per heavy atom. The number of rotatable bonds is 0. The number of aromatic amines is 2. The number of halogens is 3. The average molecular weight is 407 g/mol. The molecule has 0 amide bonds. The van der Waals surface area contributed by atoms with Crippen LogP contribution in [-0.2, 0) is 0 Å². The topological polar surface area (TPSA) is 78.1 Å². The van der Waals surface area contributed by atoms with Crippen molar-refractivity contribution >= 4 is 36.4 Å². The molecule has 0 spiro atoms. The monoisotopic (exact) mass is 406 g/mol. The maximum absolute atomic E-state index is 12.6. The van der Waals surface area contributed by atoms with Gasteiger partial charge < -0.3 is 9.97 Å². The van der Waals surface area contributed by atoms with E-state index >= 15 is 0 Å². The van der Waals surface area contributed by atoms with E-state index in [-0.39, 0.29) is 7.43 Å². The molecule has 125 valence electrons. The molecule has 5 nitrogen and oxygen atoms in total. The number of nitrogens with zero attached hydrogens (tertiary/aromatic N) is 1. The Bertz CT molecular complexity index is 753. The van der Waals surface area contributed by atoms with Crippen LogP contribution in [0.25, 0.3) is 0 Å². The second-order valence-corrected chi connectivity index (χ2v) is 4.91. The first-order chi connectivity index (χ1) is 10.3. The molecule has 0 aliphatic heterocycles. The van der Waals surface area contributed by atoms with Crippen molar-refractivity contribution in [2.45, 2.75) is 21.3 Å². The zero-order valence-electron chi connectivity index (χ0n) is 11.7. The van der Waals surface area contributed by atoms with Gasteiger partial charge in [0, 0.05) is 22.4 Å². The summed E-state index contributed by atoms with van der Waals surface area (Å²) in [5.74, 6) is -1.42. The molecule has 2 aromatic heterocycles. The molecule has 0 aliphatic rings. The molecule has 23 heavy (non-hydrogen) atoms. The number of aromatic nitrogens is 2. The number of hydrogen-bond acceptors (Lipinski definition) is 4. The molecule has 10 heteroatoms. The Morgan fingerprint density at radius 2 is 1.65 bits per heavy atom. The Hall–Kier alpha value is -1.55. The first kappa shape index (κ1) is 23.7. The Kier molecular flexibility index (Phi) is 12.3. The van der Waals surface area contributed by atoms with Gasteiger partial charge in [0.05, 0.1) is 0 Å². The Morgan fingerprint density at radius 3 is 2.04 bits per heavy atom. The van der Waals surface area contributed by atoms with E-state index in [9.17, 15) is 18.4 Å². The fraction of sp³-hybridized carbons (Fsp3) is 0.231. The van der Waals surface area contributed by atoms with Gasteiger partial charge in [-0.05, 0) is 41.4 Å². The van der Waals surface area contributed by atoms with Crippen LogP contribution in [-0.4, -0.2) is 17.6 Å². The minimum absolute atomic E-state index is 0. The van der Waals surface area contributed by atoms with Gasteiger partial charge in [-0.25, -0.2) is 8.78 Å². The summed E-state index contributed by atoms with van der Waals surface area (Å²) in [4.78, 5) is 25.4. The van der Waals surface area contributed by atoms with Crippen molar-refractivity contribution in [2.75, 3.05) is 0 Å². The molecule has 0 bridgehead atoms. The van der Waals surface area contributed by atoms with E-state index in [0.717, 1.165) is 0 Å². The normalized spacial score (nSPS) is 8.57. The Labute approximate surface area is 147 Å². The molecule has 2 rings (SSSR count). The molecule has 0 aliphatic carbocycles. The summed E-state index contributed by atoms with van der Waals surface area (Å²) in [5.41, 5.74) is -0.627. The van der Waals surface area contributed by atoms with Crippen LogP contribution in [0.1, 0.15) is 18.6 Å². The molecule has 0 fully saturated rings. The maximum atomic E-state index is 12.6. The summed E-state index contributed by atoms with van der Waals surface area (Å²) >= 11 is 6.26. The number of pyridine rings is 2. The van der Waals surface area contributed by atoms with Gasteiger partial charge >= 0.3 is 24.8 Å². The molecule has 0 unspecified atom stereocenters. The minimum atomic E-state index is -0.727. The summed E-state index contributed by atoms with van der Waals surface area (Å²) in [5, 5.41) is 0. The number of H-pyrrole nitrogens is 2. The van der Waals surface area contributed by atoms with Crippen LogP contribution in [0.15, 0.2) is 36.8 Å². The fourth-order valence-electron chi connectivity index (χ4n) is 1.13. The molecule has 0 saturated carbocycles. The molecular weight excluding hydrogens is 391 g/mol. The zero-order valence-corrected chi connectivity index (χ0v) is 14.1. The average Bonchev–Trinajstić information content (AvgIpc) is 2.48. The number of hydrogen-bond donors (Lipinski definition) is 3. The van der Waals surface area contributed by atoms with Gasteiger partial charge in [0.2, 0.25) is 0 Å². The van der Waals surface area contributed by atoms with Crippen molar-refractivity contribution in [3.8, 4) is 0 Å². The van der Waals surface area contributed by atoms with Gasteiger partial charge in [-0.1, -0.05) is 7.43 Å². The third-order valence-corrected chi connectivity index (χ3v) is 3.13. The third kappa shape index (κ3) is 8.03. The van der Waals surface area contributed by atoms with Crippen molar-refractivity contribution in [1.82, 2.24) is 9.97 Å². The Balaban J connectivity index is 0. The molecule has 1 radical (unpaired) electrons.